The van der Waals surface area contributed by atoms with Crippen molar-refractivity contribution < 1.29 is 9.90 Å². The van der Waals surface area contributed by atoms with E-state index in [-0.39, 0.29) is 0 Å². The largest absolute Gasteiger partial charge is 0.480 e. The molecule has 1 unspecified atom stereocenters. The monoisotopic (exact) mass is 253 g/mol. The number of carboxylic acid groups (broad SMARTS) is 1. The predicted molar refractivity (Wildman–Crippen MR) is 70.3 cm³/mol. The average molecular weight is 253 g/mol. The number of nitrogens with zero attached hydrogens (tertiary/aromatic N) is 2. The van der Waals surface area contributed by atoms with Gasteiger partial charge in [-0.15, -0.1) is 0 Å². The van der Waals surface area contributed by atoms with Crippen molar-refractivity contribution >= 4 is 5.97 Å². The molecule has 0 aliphatic rings. The summed E-state index contributed by atoms with van der Waals surface area (Å²) in [5, 5.41) is 12.2. The molecule has 102 valence electrons. The molecule has 0 fully saturated rings. The molecule has 1 atom stereocenters. The summed E-state index contributed by atoms with van der Waals surface area (Å²) in [6.45, 7) is 8.73. The highest BCUT2D eigenvalue weighted by Gasteiger charge is 2.18. The number of hydrogen-bond donors (Lipinski definition) is 2. The fraction of sp³-hybridized carbons (Fsp3) is 0.692. The van der Waals surface area contributed by atoms with Gasteiger partial charge in [0.15, 0.2) is 0 Å². The summed E-state index contributed by atoms with van der Waals surface area (Å²) < 4.78 is 2.04. The van der Waals surface area contributed by atoms with E-state index in [1.807, 2.05) is 18.4 Å². The van der Waals surface area contributed by atoms with E-state index in [4.69, 9.17) is 5.11 Å². The van der Waals surface area contributed by atoms with Gasteiger partial charge in [0, 0.05) is 18.8 Å². The second-order valence-electron chi connectivity index (χ2n) is 5.29. The van der Waals surface area contributed by atoms with Crippen LogP contribution in [-0.4, -0.2) is 26.7 Å². The molecule has 0 bridgehead atoms. The summed E-state index contributed by atoms with van der Waals surface area (Å²) in [4.78, 5) is 15.2. The van der Waals surface area contributed by atoms with Crippen LogP contribution >= 0.6 is 0 Å². The van der Waals surface area contributed by atoms with Crippen molar-refractivity contribution in [2.24, 2.45) is 5.92 Å². The first kappa shape index (κ1) is 14.7. The van der Waals surface area contributed by atoms with Crippen LogP contribution in [0.3, 0.4) is 0 Å². The van der Waals surface area contributed by atoms with E-state index in [1.165, 1.54) is 0 Å². The Morgan fingerprint density at radius 1 is 1.44 bits per heavy atom. The van der Waals surface area contributed by atoms with E-state index in [9.17, 15) is 4.79 Å². The molecular weight excluding hydrogens is 230 g/mol. The van der Waals surface area contributed by atoms with Gasteiger partial charge in [-0.25, -0.2) is 4.98 Å². The van der Waals surface area contributed by atoms with Crippen molar-refractivity contribution in [1.82, 2.24) is 14.9 Å². The van der Waals surface area contributed by atoms with Crippen molar-refractivity contribution in [3.05, 3.63) is 18.2 Å². The van der Waals surface area contributed by atoms with Gasteiger partial charge in [0.2, 0.25) is 0 Å². The molecule has 0 aromatic carbocycles. The van der Waals surface area contributed by atoms with E-state index < -0.39 is 12.0 Å². The fourth-order valence-electron chi connectivity index (χ4n) is 1.90. The first-order chi connectivity index (χ1) is 8.41. The molecular formula is C13H23N3O2. The summed E-state index contributed by atoms with van der Waals surface area (Å²) in [7, 11) is 0. The molecule has 1 aromatic heterocycles. The van der Waals surface area contributed by atoms with E-state index in [1.54, 1.807) is 12.5 Å². The summed E-state index contributed by atoms with van der Waals surface area (Å²) in [5.41, 5.74) is 1.01. The van der Waals surface area contributed by atoms with Gasteiger partial charge in [-0.3, -0.25) is 10.1 Å². The fourth-order valence-corrected chi connectivity index (χ4v) is 1.90. The number of aliphatic carboxylic acids is 1. The van der Waals surface area contributed by atoms with Gasteiger partial charge in [-0.1, -0.05) is 13.8 Å². The maximum absolute atomic E-state index is 11.1. The SMILES string of the molecule is CC(C)CC(NCc1cncn1C(C)C)C(=O)O. The lowest BCUT2D eigenvalue weighted by molar-refractivity contribution is -0.140. The third kappa shape index (κ3) is 4.14. The van der Waals surface area contributed by atoms with Crippen LogP contribution in [0.15, 0.2) is 12.5 Å². The Morgan fingerprint density at radius 2 is 2.11 bits per heavy atom. The van der Waals surface area contributed by atoms with Gasteiger partial charge in [-0.2, -0.15) is 0 Å². The van der Waals surface area contributed by atoms with Crippen LogP contribution in [0.4, 0.5) is 0 Å². The first-order valence-corrected chi connectivity index (χ1v) is 6.38. The molecule has 5 heteroatoms. The summed E-state index contributed by atoms with van der Waals surface area (Å²) in [6, 6.07) is -0.168. The molecule has 2 N–H and O–H groups in total. The first-order valence-electron chi connectivity index (χ1n) is 6.38. The molecule has 0 spiro atoms. The van der Waals surface area contributed by atoms with Crippen LogP contribution in [0.5, 0.6) is 0 Å². The van der Waals surface area contributed by atoms with Crippen LogP contribution < -0.4 is 5.32 Å². The molecule has 1 rings (SSSR count). The zero-order valence-electron chi connectivity index (χ0n) is 11.6. The van der Waals surface area contributed by atoms with E-state index in [0.717, 1.165) is 5.69 Å². The van der Waals surface area contributed by atoms with Gasteiger partial charge >= 0.3 is 5.97 Å². The van der Waals surface area contributed by atoms with Crippen LogP contribution in [0, 0.1) is 5.92 Å². The van der Waals surface area contributed by atoms with Crippen molar-refractivity contribution in [2.45, 2.75) is 52.7 Å². The van der Waals surface area contributed by atoms with E-state index in [2.05, 4.69) is 24.1 Å². The Bertz CT molecular complexity index is 385. The van der Waals surface area contributed by atoms with Gasteiger partial charge in [-0.05, 0) is 26.2 Å². The lowest BCUT2D eigenvalue weighted by Crippen LogP contribution is -2.37. The highest BCUT2D eigenvalue weighted by Crippen LogP contribution is 2.10. The number of imidazole rings is 1. The highest BCUT2D eigenvalue weighted by molar-refractivity contribution is 5.73. The Morgan fingerprint density at radius 3 is 2.61 bits per heavy atom. The number of carboxylic acids is 1. The smallest absolute Gasteiger partial charge is 0.320 e. The molecule has 0 aliphatic heterocycles. The number of aromatic nitrogens is 2. The van der Waals surface area contributed by atoms with Crippen LogP contribution in [0.2, 0.25) is 0 Å². The topological polar surface area (TPSA) is 67.2 Å². The summed E-state index contributed by atoms with van der Waals surface area (Å²) in [6.07, 6.45) is 4.19. The number of hydrogen-bond acceptors (Lipinski definition) is 3. The van der Waals surface area contributed by atoms with Gasteiger partial charge in [0.25, 0.3) is 0 Å². The Labute approximate surface area is 108 Å². The van der Waals surface area contributed by atoms with Crippen LogP contribution in [-0.2, 0) is 11.3 Å². The van der Waals surface area contributed by atoms with Gasteiger partial charge in [0.05, 0.1) is 12.0 Å². The van der Waals surface area contributed by atoms with Crippen molar-refractivity contribution in [2.75, 3.05) is 0 Å². The summed E-state index contributed by atoms with van der Waals surface area (Å²) >= 11 is 0. The molecule has 0 saturated heterocycles. The number of nitrogens with one attached hydrogen (secondary N) is 1. The lowest BCUT2D eigenvalue weighted by atomic mass is 10.0. The molecule has 1 aromatic rings. The molecule has 0 aliphatic carbocycles. The minimum atomic E-state index is -0.792. The van der Waals surface area contributed by atoms with E-state index in [0.29, 0.717) is 24.9 Å². The second kappa shape index (κ2) is 6.54. The zero-order chi connectivity index (χ0) is 13.7. The maximum atomic E-state index is 11.1. The van der Waals surface area contributed by atoms with Gasteiger partial charge < -0.3 is 9.67 Å². The minimum absolute atomic E-state index is 0.331. The Kier molecular flexibility index (Phi) is 5.34. The van der Waals surface area contributed by atoms with Crippen molar-refractivity contribution in [3.8, 4) is 0 Å². The number of rotatable bonds is 7. The predicted octanol–water partition coefficient (Wildman–Crippen LogP) is 2.05. The summed E-state index contributed by atoms with van der Waals surface area (Å²) in [5.74, 6) is -0.437. The van der Waals surface area contributed by atoms with Crippen LogP contribution in [0.1, 0.15) is 45.9 Å². The normalized spacial score (nSPS) is 13.2. The highest BCUT2D eigenvalue weighted by atomic mass is 16.4. The number of carbonyl (C=O) groups is 1. The van der Waals surface area contributed by atoms with Gasteiger partial charge in [0.1, 0.15) is 6.04 Å². The van der Waals surface area contributed by atoms with Crippen molar-refractivity contribution in [3.63, 3.8) is 0 Å². The van der Waals surface area contributed by atoms with Crippen LogP contribution in [0.25, 0.3) is 0 Å². The standard InChI is InChI=1S/C13H23N3O2/c1-9(2)5-12(13(17)18)15-7-11-6-14-8-16(11)10(3)4/h6,8-10,12,15H,5,7H2,1-4H3,(H,17,18). The molecule has 1 heterocycles. The zero-order valence-corrected chi connectivity index (χ0v) is 11.6. The van der Waals surface area contributed by atoms with E-state index >= 15 is 0 Å². The molecule has 18 heavy (non-hydrogen) atoms. The second-order valence-corrected chi connectivity index (χ2v) is 5.29. The Balaban J connectivity index is 2.61. The maximum Gasteiger partial charge on any atom is 0.320 e. The molecule has 5 nitrogen and oxygen atoms in total. The molecule has 0 amide bonds. The quantitative estimate of drug-likeness (QED) is 0.780. The third-order valence-corrected chi connectivity index (χ3v) is 2.84. The molecule has 0 radical (unpaired) electrons. The average Bonchev–Trinajstić information content (AvgIpc) is 2.71. The third-order valence-electron chi connectivity index (χ3n) is 2.84. The van der Waals surface area contributed by atoms with Crippen molar-refractivity contribution in [1.29, 1.82) is 0 Å². The Hall–Kier alpha value is -1.36. The molecule has 0 saturated carbocycles. The lowest BCUT2D eigenvalue weighted by Gasteiger charge is -2.18. The minimum Gasteiger partial charge on any atom is -0.480 e.